The maximum absolute atomic E-state index is 13.4. The lowest BCUT2D eigenvalue weighted by atomic mass is 10.3. The first-order chi connectivity index (χ1) is 16.5. The van der Waals surface area contributed by atoms with E-state index in [-0.39, 0.29) is 11.1 Å². The van der Waals surface area contributed by atoms with E-state index in [4.69, 9.17) is 16.3 Å². The van der Waals surface area contributed by atoms with Gasteiger partial charge in [-0.15, -0.1) is 0 Å². The van der Waals surface area contributed by atoms with Crippen molar-refractivity contribution in [1.29, 1.82) is 0 Å². The predicted molar refractivity (Wildman–Crippen MR) is 132 cm³/mol. The lowest BCUT2D eigenvalue weighted by molar-refractivity contribution is 0.340. The molecule has 34 heavy (non-hydrogen) atoms. The zero-order valence-corrected chi connectivity index (χ0v) is 19.6. The van der Waals surface area contributed by atoms with Crippen molar-refractivity contribution in [1.82, 2.24) is 23.9 Å². The summed E-state index contributed by atoms with van der Waals surface area (Å²) in [7, 11) is 0. The van der Waals surface area contributed by atoms with Gasteiger partial charge in [0, 0.05) is 24.2 Å². The summed E-state index contributed by atoms with van der Waals surface area (Å²) >= 11 is 7.29. The number of halogens is 1. The van der Waals surface area contributed by atoms with Gasteiger partial charge in [0.05, 0.1) is 28.4 Å². The molecule has 0 spiro atoms. The molecule has 0 saturated heterocycles. The van der Waals surface area contributed by atoms with Crippen LogP contribution in [0.4, 0.5) is 0 Å². The molecule has 170 valence electrons. The standard InChI is InChI=1S/C24H18ClN5O3S/c1-2-33-18-8-6-17(7-9-18)30-23(32)19-4-3-11-26-22(19)28-24(30)34-14-16-12-21(31)29-13-15(25)5-10-20(29)27-16/h3-13H,2,14H2,1H3. The average Bonchev–Trinajstić information content (AvgIpc) is 2.84. The summed E-state index contributed by atoms with van der Waals surface area (Å²) in [5.41, 5.74) is 1.59. The van der Waals surface area contributed by atoms with Gasteiger partial charge in [-0.2, -0.15) is 0 Å². The van der Waals surface area contributed by atoms with E-state index >= 15 is 0 Å². The minimum atomic E-state index is -0.236. The first-order valence-corrected chi connectivity index (χ1v) is 11.8. The van der Waals surface area contributed by atoms with E-state index in [1.54, 1.807) is 30.5 Å². The fourth-order valence-electron chi connectivity index (χ4n) is 3.52. The number of ether oxygens (including phenoxy) is 1. The van der Waals surface area contributed by atoms with E-state index in [1.165, 1.54) is 33.0 Å². The van der Waals surface area contributed by atoms with Crippen LogP contribution in [0.15, 0.2) is 81.7 Å². The van der Waals surface area contributed by atoms with Crippen molar-refractivity contribution in [3.8, 4) is 11.4 Å². The second kappa shape index (κ2) is 9.28. The smallest absolute Gasteiger partial charge is 0.268 e. The zero-order chi connectivity index (χ0) is 23.7. The first-order valence-electron chi connectivity index (χ1n) is 10.4. The molecule has 0 aliphatic carbocycles. The van der Waals surface area contributed by atoms with Gasteiger partial charge in [-0.25, -0.2) is 15.0 Å². The van der Waals surface area contributed by atoms with Gasteiger partial charge in [-0.3, -0.25) is 18.6 Å². The number of nitrogens with zero attached hydrogens (tertiary/aromatic N) is 5. The summed E-state index contributed by atoms with van der Waals surface area (Å²) in [6.07, 6.45) is 3.13. The monoisotopic (exact) mass is 491 g/mol. The molecular formula is C24H18ClN5O3S. The van der Waals surface area contributed by atoms with E-state index in [2.05, 4.69) is 15.0 Å². The molecule has 0 radical (unpaired) electrons. The molecule has 0 amide bonds. The Kier molecular flexibility index (Phi) is 6.04. The van der Waals surface area contributed by atoms with Gasteiger partial charge in [0.2, 0.25) is 0 Å². The number of thioether (sulfide) groups is 1. The topological polar surface area (TPSA) is 91.4 Å². The molecule has 1 aromatic carbocycles. The number of rotatable bonds is 6. The number of pyridine rings is 2. The first kappa shape index (κ1) is 22.1. The van der Waals surface area contributed by atoms with Crippen LogP contribution in [0.5, 0.6) is 5.75 Å². The van der Waals surface area contributed by atoms with Crippen LogP contribution in [-0.2, 0) is 5.75 Å². The SMILES string of the molecule is CCOc1ccc(-n2c(SCc3cc(=O)n4cc(Cl)ccc4n3)nc3ncccc3c2=O)cc1. The Morgan fingerprint density at radius 1 is 1.06 bits per heavy atom. The van der Waals surface area contributed by atoms with Gasteiger partial charge in [0.15, 0.2) is 10.8 Å². The molecule has 0 bridgehead atoms. The summed E-state index contributed by atoms with van der Waals surface area (Å²) in [6.45, 7) is 2.46. The van der Waals surface area contributed by atoms with Gasteiger partial charge in [0.1, 0.15) is 11.4 Å². The van der Waals surface area contributed by atoms with Crippen LogP contribution in [0.1, 0.15) is 12.6 Å². The third-order valence-corrected chi connectivity index (χ3v) is 6.24. The molecule has 4 heterocycles. The van der Waals surface area contributed by atoms with E-state index in [1.807, 2.05) is 31.2 Å². The Bertz CT molecular complexity index is 1630. The van der Waals surface area contributed by atoms with Crippen LogP contribution < -0.4 is 15.9 Å². The largest absolute Gasteiger partial charge is 0.494 e. The molecule has 0 aliphatic rings. The van der Waals surface area contributed by atoms with E-state index in [0.717, 1.165) is 0 Å². The highest BCUT2D eigenvalue weighted by molar-refractivity contribution is 7.98. The Morgan fingerprint density at radius 2 is 1.88 bits per heavy atom. The minimum absolute atomic E-state index is 0.231. The number of hydrogen-bond acceptors (Lipinski definition) is 7. The molecule has 10 heteroatoms. The quantitative estimate of drug-likeness (QED) is 0.260. The molecular weight excluding hydrogens is 474 g/mol. The molecule has 0 saturated carbocycles. The molecule has 4 aromatic heterocycles. The van der Waals surface area contributed by atoms with E-state index in [9.17, 15) is 9.59 Å². The van der Waals surface area contributed by atoms with Crippen molar-refractivity contribution in [3.05, 3.63) is 98.4 Å². The zero-order valence-electron chi connectivity index (χ0n) is 18.0. The van der Waals surface area contributed by atoms with E-state index in [0.29, 0.717) is 56.4 Å². The highest BCUT2D eigenvalue weighted by Gasteiger charge is 2.15. The molecule has 0 aliphatic heterocycles. The summed E-state index contributed by atoms with van der Waals surface area (Å²) < 4.78 is 8.45. The Morgan fingerprint density at radius 3 is 2.68 bits per heavy atom. The average molecular weight is 492 g/mol. The van der Waals surface area contributed by atoms with Crippen molar-refractivity contribution in [2.75, 3.05) is 6.61 Å². The van der Waals surface area contributed by atoms with Gasteiger partial charge in [-0.05, 0) is 55.5 Å². The minimum Gasteiger partial charge on any atom is -0.494 e. The van der Waals surface area contributed by atoms with Crippen molar-refractivity contribution < 1.29 is 4.74 Å². The molecule has 5 aromatic rings. The fourth-order valence-corrected chi connectivity index (χ4v) is 4.58. The number of benzene rings is 1. The highest BCUT2D eigenvalue weighted by atomic mass is 35.5. The third kappa shape index (κ3) is 4.27. The summed E-state index contributed by atoms with van der Waals surface area (Å²) in [5.74, 6) is 1.04. The van der Waals surface area contributed by atoms with Crippen LogP contribution in [0.2, 0.25) is 5.02 Å². The predicted octanol–water partition coefficient (Wildman–Crippen LogP) is 4.13. The maximum atomic E-state index is 13.4. The molecule has 0 atom stereocenters. The van der Waals surface area contributed by atoms with Gasteiger partial charge in [-0.1, -0.05) is 23.4 Å². The van der Waals surface area contributed by atoms with Crippen LogP contribution in [0, 0.1) is 0 Å². The summed E-state index contributed by atoms with van der Waals surface area (Å²) in [6, 6.07) is 15.5. The van der Waals surface area contributed by atoms with E-state index < -0.39 is 0 Å². The second-order valence-corrected chi connectivity index (χ2v) is 8.67. The van der Waals surface area contributed by atoms with Crippen LogP contribution in [0.3, 0.4) is 0 Å². The Labute approximate surface area is 202 Å². The lowest BCUT2D eigenvalue weighted by Gasteiger charge is -2.13. The lowest BCUT2D eigenvalue weighted by Crippen LogP contribution is -2.22. The number of aromatic nitrogens is 5. The maximum Gasteiger partial charge on any atom is 0.268 e. The van der Waals surface area contributed by atoms with Gasteiger partial charge >= 0.3 is 0 Å². The number of fused-ring (bicyclic) bond motifs is 2. The molecule has 0 unspecified atom stereocenters. The highest BCUT2D eigenvalue weighted by Crippen LogP contribution is 2.25. The summed E-state index contributed by atoms with van der Waals surface area (Å²) in [4.78, 5) is 39.4. The summed E-state index contributed by atoms with van der Waals surface area (Å²) in [5, 5.41) is 1.31. The van der Waals surface area contributed by atoms with Crippen molar-refractivity contribution >= 4 is 40.0 Å². The van der Waals surface area contributed by atoms with Crippen LogP contribution in [-0.4, -0.2) is 30.5 Å². The molecule has 0 fully saturated rings. The van der Waals surface area contributed by atoms with Gasteiger partial charge in [0.25, 0.3) is 11.1 Å². The number of hydrogen-bond donors (Lipinski definition) is 0. The molecule has 8 nitrogen and oxygen atoms in total. The van der Waals surface area contributed by atoms with Gasteiger partial charge < -0.3 is 4.74 Å². The molecule has 5 rings (SSSR count). The Hall–Kier alpha value is -3.69. The second-order valence-electron chi connectivity index (χ2n) is 7.29. The van der Waals surface area contributed by atoms with Crippen molar-refractivity contribution in [2.45, 2.75) is 17.8 Å². The van der Waals surface area contributed by atoms with Crippen LogP contribution in [0.25, 0.3) is 22.4 Å². The normalized spacial score (nSPS) is 11.2. The third-order valence-electron chi connectivity index (χ3n) is 5.04. The molecule has 0 N–H and O–H groups in total. The van der Waals surface area contributed by atoms with Crippen molar-refractivity contribution in [2.24, 2.45) is 0 Å². The Balaban J connectivity index is 1.57. The van der Waals surface area contributed by atoms with Crippen molar-refractivity contribution in [3.63, 3.8) is 0 Å². The fraction of sp³-hybridized carbons (Fsp3) is 0.125. The van der Waals surface area contributed by atoms with Crippen LogP contribution >= 0.6 is 23.4 Å².